The number of hydrogen-bond donors (Lipinski definition) is 0. The molecule has 1 aromatic carbocycles. The Morgan fingerprint density at radius 1 is 0.800 bits per heavy atom. The fourth-order valence-corrected chi connectivity index (χ4v) is 0.703. The zero-order chi connectivity index (χ0) is 16.7. The molecule has 0 N–H and O–H groups in total. The average molecular weight is 288 g/mol. The highest BCUT2D eigenvalue weighted by Crippen LogP contribution is 2.08. The normalized spacial score (nSPS) is 5.65. The number of hydrogen-bond acceptors (Lipinski definition) is 0. The molecule has 0 heterocycles. The minimum atomic E-state index is 0. The molecule has 0 radical (unpaired) electrons. The maximum Gasteiger partial charge on any atom is 0.00495 e. The van der Waals surface area contributed by atoms with Crippen molar-refractivity contribution in [2.24, 2.45) is 0 Å². The molecule has 0 amide bonds. The van der Waals surface area contributed by atoms with E-state index in [2.05, 4.69) is 32.0 Å². The Morgan fingerprint density at radius 3 is 1.30 bits per heavy atom. The monoisotopic (exact) mass is 287 g/mol. The van der Waals surface area contributed by atoms with Crippen LogP contribution in [0.1, 0.15) is 103 Å². The van der Waals surface area contributed by atoms with Gasteiger partial charge in [0, 0.05) is 6.99 Å². The first-order valence-electron chi connectivity index (χ1n) is 8.19. The summed E-state index contributed by atoms with van der Waals surface area (Å²) < 4.78 is 0. The lowest BCUT2D eigenvalue weighted by Crippen LogP contribution is -1.82. The van der Waals surface area contributed by atoms with Crippen molar-refractivity contribution in [3.05, 3.63) is 35.9 Å². The molecule has 0 fully saturated rings. The van der Waals surface area contributed by atoms with Gasteiger partial charge in [0.15, 0.2) is 0 Å². The molecule has 0 nitrogen and oxygen atoms in total. The van der Waals surface area contributed by atoms with Crippen molar-refractivity contribution in [2.75, 3.05) is 0 Å². The van der Waals surface area contributed by atoms with Crippen LogP contribution in [0.15, 0.2) is 18.2 Å². The second-order valence-electron chi connectivity index (χ2n) is 2.41. The van der Waals surface area contributed by atoms with Crippen molar-refractivity contribution in [2.45, 2.75) is 96.4 Å². The summed E-state index contributed by atoms with van der Waals surface area (Å²) in [6.07, 6.45) is 0. The van der Waals surface area contributed by atoms with E-state index in [1.807, 2.05) is 81.4 Å². The molecule has 0 bridgehead atoms. The van der Waals surface area contributed by atoms with Crippen molar-refractivity contribution in [1.82, 2.24) is 0 Å². The largest absolute Gasteiger partial charge is 0.0776 e. The first-order chi connectivity index (χ1) is 9.30. The smallest absolute Gasteiger partial charge is 0.00495 e. The fourth-order valence-electron chi connectivity index (χ4n) is 0.703. The van der Waals surface area contributed by atoms with Gasteiger partial charge in [0.2, 0.25) is 0 Å². The first-order valence-corrected chi connectivity index (χ1v) is 8.19. The van der Waals surface area contributed by atoms with E-state index in [0.29, 0.717) is 5.92 Å². The van der Waals surface area contributed by atoms with Crippen LogP contribution in [0.2, 0.25) is 0 Å². The SMILES string of the molecule is C.CC.CC.CC.CC.CC.CC(C)c1c#cccc1.[2HH]. The predicted octanol–water partition coefficient (Wildman–Crippen LogP) is 8.42. The maximum atomic E-state index is 3.04. The van der Waals surface area contributed by atoms with Gasteiger partial charge >= 0.3 is 0 Å². The minimum absolute atomic E-state index is 0. The molecular weight excluding hydrogens is 240 g/mol. The highest BCUT2D eigenvalue weighted by molar-refractivity contribution is 5.11. The zero-order valence-corrected chi connectivity index (χ0v) is 15.8. The molecule has 0 heteroatoms. The highest BCUT2D eigenvalue weighted by atomic mass is 14.0. The Balaban J connectivity index is -0.0000000284. The van der Waals surface area contributed by atoms with E-state index in [9.17, 15) is 0 Å². The Bertz CT molecular complexity index is 168. The standard InChI is InChI=1S/C9H10.5C2H6.CH4.H2/c1-8(2)9-6-4-3-5-7-9;5*1-2;;/h3-4,6,8H,1-2H3;5*1-2H3;1H4;1H/i;;;;;;;1+1. The van der Waals surface area contributed by atoms with Crippen LogP contribution in [-0.2, 0) is 0 Å². The second-order valence-corrected chi connectivity index (χ2v) is 2.41. The third-order valence-electron chi connectivity index (χ3n) is 1.29. The molecule has 126 valence electrons. The Kier molecular flexibility index (Phi) is 94.7. The van der Waals surface area contributed by atoms with Crippen molar-refractivity contribution in [3.8, 4) is 0 Å². The molecule has 0 saturated carbocycles. The van der Waals surface area contributed by atoms with Crippen LogP contribution in [0, 0.1) is 12.1 Å². The Hall–Kier alpha value is -0.960. The number of rotatable bonds is 1. The molecule has 0 aliphatic rings. The molecule has 20 heavy (non-hydrogen) atoms. The summed E-state index contributed by atoms with van der Waals surface area (Å²) >= 11 is 0. The molecule has 0 spiro atoms. The van der Waals surface area contributed by atoms with E-state index < -0.39 is 0 Å². The van der Waals surface area contributed by atoms with Crippen molar-refractivity contribution in [1.29, 1.82) is 0 Å². The molecule has 0 atom stereocenters. The van der Waals surface area contributed by atoms with Crippen LogP contribution in [0.5, 0.6) is 0 Å². The lowest BCUT2D eigenvalue weighted by molar-refractivity contribution is 0.868. The van der Waals surface area contributed by atoms with Crippen molar-refractivity contribution >= 4 is 0 Å². The van der Waals surface area contributed by atoms with Gasteiger partial charge in [-0.05, 0) is 18.1 Å². The topological polar surface area (TPSA) is 0 Å². The van der Waals surface area contributed by atoms with Crippen LogP contribution in [-0.4, -0.2) is 0 Å². The minimum Gasteiger partial charge on any atom is -0.0776 e. The van der Waals surface area contributed by atoms with Gasteiger partial charge in [0.05, 0.1) is 0 Å². The van der Waals surface area contributed by atoms with Gasteiger partial charge in [-0.15, -0.1) is 0 Å². The summed E-state index contributed by atoms with van der Waals surface area (Å²) in [6, 6.07) is 11.9. The van der Waals surface area contributed by atoms with Crippen molar-refractivity contribution < 1.29 is 1.43 Å². The van der Waals surface area contributed by atoms with Gasteiger partial charge in [-0.1, -0.05) is 109 Å². The summed E-state index contributed by atoms with van der Waals surface area (Å²) in [5.74, 6) is 0.572. The maximum absolute atomic E-state index is 3.04. The van der Waals surface area contributed by atoms with Gasteiger partial charge in [-0.3, -0.25) is 0 Å². The van der Waals surface area contributed by atoms with Gasteiger partial charge in [-0.25, -0.2) is 0 Å². The molecule has 0 aliphatic heterocycles. The van der Waals surface area contributed by atoms with E-state index in [-0.39, 0.29) is 8.85 Å². The van der Waals surface area contributed by atoms with Crippen molar-refractivity contribution in [3.63, 3.8) is 0 Å². The summed E-state index contributed by atoms with van der Waals surface area (Å²) in [6.45, 7) is 24.3. The highest BCUT2D eigenvalue weighted by Gasteiger charge is 1.93. The van der Waals surface area contributed by atoms with Gasteiger partial charge in [-0.2, -0.15) is 0 Å². The van der Waals surface area contributed by atoms with E-state index in [4.69, 9.17) is 0 Å². The molecule has 0 unspecified atom stereocenters. The van der Waals surface area contributed by atoms with E-state index >= 15 is 0 Å². The quantitative estimate of drug-likeness (QED) is 0.486. The van der Waals surface area contributed by atoms with Crippen LogP contribution in [0.25, 0.3) is 0 Å². The summed E-state index contributed by atoms with van der Waals surface area (Å²) in [7, 11) is 0. The molecular formula is C20H46. The third kappa shape index (κ3) is 36.0. The van der Waals surface area contributed by atoms with Crippen LogP contribution < -0.4 is 0 Å². The lowest BCUT2D eigenvalue weighted by atomic mass is 10.1. The molecule has 0 aliphatic carbocycles. The molecule has 1 aromatic rings. The van der Waals surface area contributed by atoms with Crippen LogP contribution in [0.4, 0.5) is 0 Å². The Morgan fingerprint density at radius 2 is 1.15 bits per heavy atom. The second kappa shape index (κ2) is 52.0. The fraction of sp³-hybridized carbons (Fsp3) is 0.700. The molecule has 0 saturated heterocycles. The zero-order valence-electron chi connectivity index (χ0n) is 15.8. The average Bonchev–Trinajstić information content (AvgIpc) is 2.57. The van der Waals surface area contributed by atoms with Gasteiger partial charge in [0.25, 0.3) is 0 Å². The molecule has 0 aromatic heterocycles. The molecule has 1 rings (SSSR count). The predicted molar refractivity (Wildman–Crippen MR) is 104 cm³/mol. The van der Waals surface area contributed by atoms with Crippen LogP contribution in [0.3, 0.4) is 0 Å². The van der Waals surface area contributed by atoms with E-state index in [1.165, 1.54) is 5.56 Å². The third-order valence-corrected chi connectivity index (χ3v) is 1.29. The lowest BCUT2D eigenvalue weighted by Gasteiger charge is -1.97. The summed E-state index contributed by atoms with van der Waals surface area (Å²) in [5, 5.41) is 0. The summed E-state index contributed by atoms with van der Waals surface area (Å²) in [5.41, 5.74) is 1.23. The van der Waals surface area contributed by atoms with Crippen LogP contribution >= 0.6 is 0 Å². The first kappa shape index (κ1) is 36.4. The van der Waals surface area contributed by atoms with E-state index in [0.717, 1.165) is 0 Å². The van der Waals surface area contributed by atoms with Gasteiger partial charge in [0.1, 0.15) is 0 Å². The summed E-state index contributed by atoms with van der Waals surface area (Å²) in [4.78, 5) is 0. The Labute approximate surface area is 134 Å². The van der Waals surface area contributed by atoms with E-state index in [1.54, 1.807) is 0 Å². The van der Waals surface area contributed by atoms with Gasteiger partial charge < -0.3 is 0 Å².